The summed E-state index contributed by atoms with van der Waals surface area (Å²) < 4.78 is 0. The maximum atomic E-state index is 11.9. The number of nitrogens with two attached hydrogens (primary N) is 1. The fourth-order valence-corrected chi connectivity index (χ4v) is 2.58. The quantitative estimate of drug-likeness (QED) is 0.349. The predicted molar refractivity (Wildman–Crippen MR) is 84.4 cm³/mol. The maximum Gasteiger partial charge on any atom is 0.303 e. The Morgan fingerprint density at radius 2 is 1.81 bits per heavy atom. The summed E-state index contributed by atoms with van der Waals surface area (Å²) in [6.07, 6.45) is 4.26. The number of carbonyl (C=O) groups excluding carboxylic acids is 1. The molecule has 21 heavy (non-hydrogen) atoms. The summed E-state index contributed by atoms with van der Waals surface area (Å²) in [7, 11) is 0. The number of nitrogens with zero attached hydrogens (tertiary/aromatic N) is 1. The molecule has 0 fully saturated rings. The van der Waals surface area contributed by atoms with E-state index in [-0.39, 0.29) is 18.2 Å². The Balaban J connectivity index is 4.42. The van der Waals surface area contributed by atoms with E-state index in [0.29, 0.717) is 24.8 Å². The van der Waals surface area contributed by atoms with Crippen LogP contribution in [-0.2, 0) is 9.59 Å². The zero-order chi connectivity index (χ0) is 16.4. The van der Waals surface area contributed by atoms with Gasteiger partial charge in [-0.25, -0.2) is 5.84 Å². The van der Waals surface area contributed by atoms with Gasteiger partial charge in [-0.1, -0.05) is 40.5 Å². The van der Waals surface area contributed by atoms with E-state index in [1.54, 1.807) is 0 Å². The van der Waals surface area contributed by atoms with Crippen LogP contribution in [0.2, 0.25) is 0 Å². The van der Waals surface area contributed by atoms with Crippen molar-refractivity contribution < 1.29 is 14.7 Å². The highest BCUT2D eigenvalue weighted by molar-refractivity contribution is 5.75. The number of hydrogen-bond acceptors (Lipinski definition) is 3. The summed E-state index contributed by atoms with van der Waals surface area (Å²) in [5.74, 6) is 5.74. The summed E-state index contributed by atoms with van der Waals surface area (Å²) in [6.45, 7) is 8.70. The van der Waals surface area contributed by atoms with Gasteiger partial charge in [0.15, 0.2) is 0 Å². The third-order valence-electron chi connectivity index (χ3n) is 3.69. The van der Waals surface area contributed by atoms with Crippen LogP contribution in [0, 0.1) is 17.8 Å². The molecule has 5 heteroatoms. The normalized spacial score (nSPS) is 14.0. The minimum absolute atomic E-state index is 0.0687. The number of carboxylic acid groups (broad SMARTS) is 1. The van der Waals surface area contributed by atoms with E-state index >= 15 is 0 Å². The van der Waals surface area contributed by atoms with E-state index in [2.05, 4.69) is 27.7 Å². The lowest BCUT2D eigenvalue weighted by molar-refractivity contribution is -0.140. The third kappa shape index (κ3) is 10.3. The molecule has 0 aliphatic carbocycles. The highest BCUT2D eigenvalue weighted by atomic mass is 16.4. The average molecular weight is 300 g/mol. The molecule has 0 aromatic heterocycles. The summed E-state index contributed by atoms with van der Waals surface area (Å²) in [5, 5.41) is 10.2. The molecule has 2 atom stereocenters. The summed E-state index contributed by atoms with van der Waals surface area (Å²) in [6, 6.07) is 0. The highest BCUT2D eigenvalue weighted by Crippen LogP contribution is 2.20. The molecule has 1 amide bonds. The lowest BCUT2D eigenvalue weighted by Gasteiger charge is -2.25. The summed E-state index contributed by atoms with van der Waals surface area (Å²) >= 11 is 0. The Hall–Kier alpha value is -1.10. The smallest absolute Gasteiger partial charge is 0.303 e. The van der Waals surface area contributed by atoms with Gasteiger partial charge in [-0.2, -0.15) is 0 Å². The van der Waals surface area contributed by atoms with Crippen LogP contribution in [0.15, 0.2) is 0 Å². The molecule has 0 bridgehead atoms. The lowest BCUT2D eigenvalue weighted by atomic mass is 9.90. The van der Waals surface area contributed by atoms with E-state index in [1.165, 1.54) is 5.01 Å². The minimum atomic E-state index is -0.827. The number of carboxylic acids is 1. The Bertz CT molecular complexity index is 319. The highest BCUT2D eigenvalue weighted by Gasteiger charge is 2.21. The van der Waals surface area contributed by atoms with Crippen LogP contribution in [0.25, 0.3) is 0 Å². The largest absolute Gasteiger partial charge is 0.481 e. The summed E-state index contributed by atoms with van der Waals surface area (Å²) in [4.78, 5) is 22.9. The Labute approximate surface area is 128 Å². The van der Waals surface area contributed by atoms with Gasteiger partial charge < -0.3 is 5.11 Å². The maximum absolute atomic E-state index is 11.9. The van der Waals surface area contributed by atoms with Crippen molar-refractivity contribution in [3.05, 3.63) is 0 Å². The van der Waals surface area contributed by atoms with Crippen molar-refractivity contribution in [3.63, 3.8) is 0 Å². The Morgan fingerprint density at radius 3 is 2.29 bits per heavy atom. The molecule has 0 heterocycles. The molecule has 3 N–H and O–H groups in total. The number of aliphatic carboxylic acids is 1. The van der Waals surface area contributed by atoms with Crippen molar-refractivity contribution >= 4 is 11.9 Å². The third-order valence-corrected chi connectivity index (χ3v) is 3.69. The minimum Gasteiger partial charge on any atom is -0.481 e. The monoisotopic (exact) mass is 300 g/mol. The van der Waals surface area contributed by atoms with E-state index in [1.807, 2.05) is 0 Å². The zero-order valence-corrected chi connectivity index (χ0v) is 14.0. The van der Waals surface area contributed by atoms with Gasteiger partial charge in [-0.05, 0) is 30.6 Å². The molecular weight excluding hydrogens is 268 g/mol. The number of hydrogen-bond donors (Lipinski definition) is 2. The SMILES string of the molecule is CCCC(C)CC(CC(=O)O)CN(N)C(=O)CCC(C)C. The van der Waals surface area contributed by atoms with Gasteiger partial charge in [0.05, 0.1) is 0 Å². The molecule has 0 aromatic carbocycles. The van der Waals surface area contributed by atoms with Crippen LogP contribution >= 0.6 is 0 Å². The molecule has 0 spiro atoms. The van der Waals surface area contributed by atoms with Crippen LogP contribution in [0.4, 0.5) is 0 Å². The van der Waals surface area contributed by atoms with Crippen LogP contribution in [0.3, 0.4) is 0 Å². The van der Waals surface area contributed by atoms with Crippen molar-refractivity contribution in [2.45, 2.75) is 66.2 Å². The van der Waals surface area contributed by atoms with Gasteiger partial charge in [0.25, 0.3) is 0 Å². The van der Waals surface area contributed by atoms with Gasteiger partial charge in [0.1, 0.15) is 0 Å². The number of amides is 1. The molecule has 2 unspecified atom stereocenters. The van der Waals surface area contributed by atoms with Crippen LogP contribution < -0.4 is 5.84 Å². The van der Waals surface area contributed by atoms with Crippen LogP contribution in [-0.4, -0.2) is 28.5 Å². The van der Waals surface area contributed by atoms with Crippen molar-refractivity contribution in [1.29, 1.82) is 0 Å². The fourth-order valence-electron chi connectivity index (χ4n) is 2.58. The van der Waals surface area contributed by atoms with Crippen molar-refractivity contribution in [2.75, 3.05) is 6.54 Å². The van der Waals surface area contributed by atoms with Gasteiger partial charge in [-0.15, -0.1) is 0 Å². The topological polar surface area (TPSA) is 83.6 Å². The molecule has 0 aromatic rings. The first-order chi connectivity index (χ1) is 9.76. The van der Waals surface area contributed by atoms with E-state index in [9.17, 15) is 9.59 Å². The summed E-state index contributed by atoms with van der Waals surface area (Å²) in [5.41, 5.74) is 0. The Morgan fingerprint density at radius 1 is 1.19 bits per heavy atom. The predicted octanol–water partition coefficient (Wildman–Crippen LogP) is 3.04. The molecule has 0 saturated carbocycles. The molecule has 0 aliphatic rings. The standard InChI is InChI=1S/C16H32N2O3/c1-5-6-13(4)9-14(10-16(20)21)11-18(17)15(19)8-7-12(2)3/h12-14H,5-11,17H2,1-4H3,(H,20,21). The second-order valence-electron chi connectivity index (χ2n) is 6.57. The molecule has 0 radical (unpaired) electrons. The van der Waals surface area contributed by atoms with Gasteiger partial charge in [0, 0.05) is 19.4 Å². The second kappa shape index (κ2) is 10.6. The van der Waals surface area contributed by atoms with Crippen molar-refractivity contribution in [1.82, 2.24) is 5.01 Å². The van der Waals surface area contributed by atoms with Gasteiger partial charge >= 0.3 is 5.97 Å². The molecule has 0 aliphatic heterocycles. The number of rotatable bonds is 11. The first-order valence-corrected chi connectivity index (χ1v) is 8.03. The average Bonchev–Trinajstić information content (AvgIpc) is 2.34. The fraction of sp³-hybridized carbons (Fsp3) is 0.875. The first kappa shape index (κ1) is 19.9. The second-order valence-corrected chi connectivity index (χ2v) is 6.57. The number of hydrazine groups is 1. The molecular formula is C16H32N2O3. The lowest BCUT2D eigenvalue weighted by Crippen LogP contribution is -2.41. The van der Waals surface area contributed by atoms with E-state index in [4.69, 9.17) is 10.9 Å². The van der Waals surface area contributed by atoms with Gasteiger partial charge in [0.2, 0.25) is 5.91 Å². The number of carbonyl (C=O) groups is 2. The molecule has 124 valence electrons. The molecule has 0 saturated heterocycles. The van der Waals surface area contributed by atoms with Crippen LogP contribution in [0.5, 0.6) is 0 Å². The van der Waals surface area contributed by atoms with E-state index < -0.39 is 5.97 Å². The van der Waals surface area contributed by atoms with Gasteiger partial charge in [-0.3, -0.25) is 14.6 Å². The first-order valence-electron chi connectivity index (χ1n) is 8.03. The van der Waals surface area contributed by atoms with Crippen LogP contribution in [0.1, 0.15) is 66.2 Å². The van der Waals surface area contributed by atoms with Crippen molar-refractivity contribution in [2.24, 2.45) is 23.6 Å². The molecule has 5 nitrogen and oxygen atoms in total. The zero-order valence-electron chi connectivity index (χ0n) is 14.0. The van der Waals surface area contributed by atoms with Crippen molar-refractivity contribution in [3.8, 4) is 0 Å². The Kier molecular flexibility index (Phi) is 10.0. The van der Waals surface area contributed by atoms with E-state index in [0.717, 1.165) is 25.7 Å². The molecule has 0 rings (SSSR count).